The van der Waals surface area contributed by atoms with Gasteiger partial charge in [0.25, 0.3) is 11.7 Å². The van der Waals surface area contributed by atoms with Crippen LogP contribution in [0.2, 0.25) is 0 Å². The molecule has 0 atom stereocenters. The zero-order chi connectivity index (χ0) is 16.7. The molecule has 0 aromatic heterocycles. The fourth-order valence-electron chi connectivity index (χ4n) is 1.86. The number of nitrogens with two attached hydrogens (primary N) is 2. The Morgan fingerprint density at radius 1 is 1.27 bits per heavy atom. The Morgan fingerprint density at radius 2 is 1.86 bits per heavy atom. The minimum atomic E-state index is -1.04. The van der Waals surface area contributed by atoms with Gasteiger partial charge in [-0.15, -0.1) is 0 Å². The molecule has 0 radical (unpaired) electrons. The molecule has 0 spiro atoms. The molecule has 0 aliphatic carbocycles. The van der Waals surface area contributed by atoms with Crippen LogP contribution in [0.3, 0.4) is 0 Å². The van der Waals surface area contributed by atoms with Gasteiger partial charge in [0, 0.05) is 37.6 Å². The standard InChI is InChI=1S/C14H18F2N4O2/c1-2-20(4-3-17)12(8-18)13(21)14(22)19-11-6-9(15)5-10(16)7-11/h5-8H,2-4,17-18H2,1H3,(H,19,22). The molecule has 0 unspecified atom stereocenters. The van der Waals surface area contributed by atoms with Crippen LogP contribution in [-0.2, 0) is 9.59 Å². The van der Waals surface area contributed by atoms with Crippen molar-refractivity contribution in [2.75, 3.05) is 25.0 Å². The van der Waals surface area contributed by atoms with E-state index in [1.807, 2.05) is 0 Å². The van der Waals surface area contributed by atoms with Crippen molar-refractivity contribution in [2.24, 2.45) is 11.5 Å². The van der Waals surface area contributed by atoms with E-state index < -0.39 is 23.3 Å². The first kappa shape index (κ1) is 17.6. The van der Waals surface area contributed by atoms with Gasteiger partial charge in [-0.2, -0.15) is 0 Å². The normalized spacial score (nSPS) is 11.2. The number of likely N-dealkylation sites (N-methyl/N-ethyl adjacent to an activating group) is 1. The number of anilines is 1. The lowest BCUT2D eigenvalue weighted by Crippen LogP contribution is -2.37. The third kappa shape index (κ3) is 4.52. The fourth-order valence-corrected chi connectivity index (χ4v) is 1.86. The molecule has 5 N–H and O–H groups in total. The van der Waals surface area contributed by atoms with Crippen LogP contribution in [0.25, 0.3) is 0 Å². The lowest BCUT2D eigenvalue weighted by Gasteiger charge is -2.23. The van der Waals surface area contributed by atoms with E-state index in [1.54, 1.807) is 6.92 Å². The number of halogens is 2. The molecule has 1 rings (SSSR count). The van der Waals surface area contributed by atoms with E-state index >= 15 is 0 Å². The summed E-state index contributed by atoms with van der Waals surface area (Å²) in [6, 6.07) is 2.46. The minimum absolute atomic E-state index is 0.0256. The van der Waals surface area contributed by atoms with E-state index in [9.17, 15) is 18.4 Å². The van der Waals surface area contributed by atoms with Gasteiger partial charge in [0.05, 0.1) is 0 Å². The summed E-state index contributed by atoms with van der Waals surface area (Å²) < 4.78 is 26.1. The van der Waals surface area contributed by atoms with E-state index in [1.165, 1.54) is 4.90 Å². The molecule has 22 heavy (non-hydrogen) atoms. The van der Waals surface area contributed by atoms with Crippen molar-refractivity contribution in [2.45, 2.75) is 6.92 Å². The van der Waals surface area contributed by atoms with E-state index in [-0.39, 0.29) is 17.9 Å². The van der Waals surface area contributed by atoms with Gasteiger partial charge in [0.15, 0.2) is 0 Å². The molecule has 0 aliphatic heterocycles. The van der Waals surface area contributed by atoms with Crippen molar-refractivity contribution in [1.29, 1.82) is 0 Å². The van der Waals surface area contributed by atoms with Gasteiger partial charge in [-0.1, -0.05) is 0 Å². The van der Waals surface area contributed by atoms with Crippen molar-refractivity contribution in [3.8, 4) is 0 Å². The number of hydrogen-bond acceptors (Lipinski definition) is 5. The fraction of sp³-hybridized carbons (Fsp3) is 0.286. The van der Waals surface area contributed by atoms with Crippen LogP contribution in [0, 0.1) is 11.6 Å². The molecular formula is C14H18F2N4O2. The van der Waals surface area contributed by atoms with Crippen LogP contribution in [0.5, 0.6) is 0 Å². The van der Waals surface area contributed by atoms with Gasteiger partial charge in [0.2, 0.25) is 0 Å². The van der Waals surface area contributed by atoms with Crippen molar-refractivity contribution >= 4 is 17.4 Å². The summed E-state index contributed by atoms with van der Waals surface area (Å²) in [5.41, 5.74) is 10.6. The number of nitrogens with zero attached hydrogens (tertiary/aromatic N) is 1. The van der Waals surface area contributed by atoms with Crippen molar-refractivity contribution in [3.05, 3.63) is 41.7 Å². The summed E-state index contributed by atoms with van der Waals surface area (Å²) in [6.45, 7) is 2.81. The Hall–Kier alpha value is -2.48. The van der Waals surface area contributed by atoms with Gasteiger partial charge in [0.1, 0.15) is 17.3 Å². The number of carbonyl (C=O) groups is 2. The molecule has 0 saturated carbocycles. The van der Waals surface area contributed by atoms with E-state index in [4.69, 9.17) is 11.5 Å². The summed E-state index contributed by atoms with van der Waals surface area (Å²) in [4.78, 5) is 25.5. The Balaban J connectivity index is 2.89. The van der Waals surface area contributed by atoms with Crippen LogP contribution in [-0.4, -0.2) is 36.2 Å². The molecule has 0 fully saturated rings. The second-order valence-corrected chi connectivity index (χ2v) is 4.36. The first-order chi connectivity index (χ1) is 10.4. The maximum atomic E-state index is 13.1. The van der Waals surface area contributed by atoms with Crippen molar-refractivity contribution in [1.82, 2.24) is 4.90 Å². The average Bonchev–Trinajstić information content (AvgIpc) is 2.45. The number of Topliss-reactive ketones (excluding diaryl/α,β-unsaturated/α-hetero) is 1. The molecule has 1 aromatic rings. The van der Waals surface area contributed by atoms with E-state index in [0.717, 1.165) is 18.3 Å². The number of benzene rings is 1. The second-order valence-electron chi connectivity index (χ2n) is 4.36. The predicted octanol–water partition coefficient (Wildman–Crippen LogP) is 0.553. The highest BCUT2D eigenvalue weighted by Gasteiger charge is 2.23. The highest BCUT2D eigenvalue weighted by Crippen LogP contribution is 2.14. The third-order valence-corrected chi connectivity index (χ3v) is 2.84. The molecule has 0 saturated heterocycles. The van der Waals surface area contributed by atoms with Gasteiger partial charge in [-0.3, -0.25) is 9.59 Å². The quantitative estimate of drug-likeness (QED) is 0.504. The number of nitrogens with one attached hydrogen (secondary N) is 1. The van der Waals surface area contributed by atoms with Crippen LogP contribution in [0.4, 0.5) is 14.5 Å². The molecule has 0 aliphatic rings. The van der Waals surface area contributed by atoms with Gasteiger partial charge in [-0.25, -0.2) is 8.78 Å². The molecule has 0 heterocycles. The zero-order valence-corrected chi connectivity index (χ0v) is 12.1. The van der Waals surface area contributed by atoms with Gasteiger partial charge in [-0.05, 0) is 19.1 Å². The number of hydrogen-bond donors (Lipinski definition) is 3. The Bertz CT molecular complexity index is 570. The molecule has 8 heteroatoms. The van der Waals surface area contributed by atoms with Crippen LogP contribution >= 0.6 is 0 Å². The van der Waals surface area contributed by atoms with Gasteiger partial charge < -0.3 is 21.7 Å². The molecule has 0 bridgehead atoms. The van der Waals surface area contributed by atoms with Crippen LogP contribution < -0.4 is 16.8 Å². The Kier molecular flexibility index (Phi) is 6.46. The lowest BCUT2D eigenvalue weighted by molar-refractivity contribution is -0.133. The SMILES string of the molecule is CCN(CCN)C(=CN)C(=O)C(=O)Nc1cc(F)cc(F)c1. The summed E-state index contributed by atoms with van der Waals surface area (Å²) >= 11 is 0. The summed E-state index contributed by atoms with van der Waals surface area (Å²) in [5.74, 6) is -3.69. The van der Waals surface area contributed by atoms with Gasteiger partial charge >= 0.3 is 0 Å². The Morgan fingerprint density at radius 3 is 2.32 bits per heavy atom. The second kappa shape index (κ2) is 8.08. The minimum Gasteiger partial charge on any atom is -0.403 e. The van der Waals surface area contributed by atoms with Crippen molar-refractivity contribution < 1.29 is 18.4 Å². The lowest BCUT2D eigenvalue weighted by atomic mass is 10.2. The predicted molar refractivity (Wildman–Crippen MR) is 78.6 cm³/mol. The molecule has 1 amide bonds. The maximum Gasteiger partial charge on any atom is 0.298 e. The molecular weight excluding hydrogens is 294 g/mol. The highest BCUT2D eigenvalue weighted by molar-refractivity contribution is 6.46. The number of ketones is 1. The molecule has 1 aromatic carbocycles. The Labute approximate surface area is 126 Å². The van der Waals surface area contributed by atoms with Crippen molar-refractivity contribution in [3.63, 3.8) is 0 Å². The largest absolute Gasteiger partial charge is 0.403 e. The topological polar surface area (TPSA) is 101 Å². The smallest absolute Gasteiger partial charge is 0.298 e. The van der Waals surface area contributed by atoms with Crippen LogP contribution in [0.15, 0.2) is 30.1 Å². The number of carbonyl (C=O) groups excluding carboxylic acids is 2. The van der Waals surface area contributed by atoms with E-state index in [0.29, 0.717) is 19.2 Å². The monoisotopic (exact) mass is 312 g/mol. The summed E-state index contributed by atoms with van der Waals surface area (Å²) in [5, 5.41) is 2.14. The first-order valence-corrected chi connectivity index (χ1v) is 6.61. The third-order valence-electron chi connectivity index (χ3n) is 2.84. The van der Waals surface area contributed by atoms with Crippen LogP contribution in [0.1, 0.15) is 6.92 Å². The number of rotatable bonds is 7. The molecule has 120 valence electrons. The summed E-state index contributed by atoms with van der Waals surface area (Å²) in [6.07, 6.45) is 1.01. The highest BCUT2D eigenvalue weighted by atomic mass is 19.1. The number of amides is 1. The maximum absolute atomic E-state index is 13.1. The first-order valence-electron chi connectivity index (χ1n) is 6.61. The molecule has 6 nitrogen and oxygen atoms in total. The zero-order valence-electron chi connectivity index (χ0n) is 12.1. The van der Waals surface area contributed by atoms with E-state index in [2.05, 4.69) is 5.32 Å². The summed E-state index contributed by atoms with van der Waals surface area (Å²) in [7, 11) is 0. The average molecular weight is 312 g/mol.